The van der Waals surface area contributed by atoms with Gasteiger partial charge in [0.2, 0.25) is 0 Å². The summed E-state index contributed by atoms with van der Waals surface area (Å²) in [5, 5.41) is 19.4. The third-order valence-electron chi connectivity index (χ3n) is 4.21. The number of amides is 1. The van der Waals surface area contributed by atoms with E-state index in [0.717, 1.165) is 5.56 Å². The van der Waals surface area contributed by atoms with Crippen LogP contribution in [0.3, 0.4) is 0 Å². The van der Waals surface area contributed by atoms with Crippen LogP contribution in [0, 0.1) is 10.1 Å². The van der Waals surface area contributed by atoms with E-state index in [4.69, 9.17) is 14.2 Å². The first kappa shape index (κ1) is 23.1. The zero-order valence-electron chi connectivity index (χ0n) is 17.4. The molecule has 0 atom stereocenters. The Balaban J connectivity index is 1.61. The predicted octanol–water partition coefficient (Wildman–Crippen LogP) is 4.71. The van der Waals surface area contributed by atoms with Crippen molar-refractivity contribution in [2.24, 2.45) is 0 Å². The molecule has 0 aliphatic rings. The maximum Gasteiger partial charge on any atom is 0.357 e. The van der Waals surface area contributed by atoms with E-state index in [2.05, 4.69) is 31.4 Å². The highest BCUT2D eigenvalue weighted by Crippen LogP contribution is 2.29. The van der Waals surface area contributed by atoms with Crippen molar-refractivity contribution in [1.82, 2.24) is 10.2 Å². The van der Waals surface area contributed by atoms with Crippen LogP contribution < -0.4 is 19.5 Å². The molecule has 0 aliphatic heterocycles. The van der Waals surface area contributed by atoms with Crippen LogP contribution in [-0.4, -0.2) is 34.2 Å². The van der Waals surface area contributed by atoms with E-state index in [1.807, 2.05) is 32.0 Å². The number of H-pyrrole nitrogens is 1. The Bertz CT molecular complexity index is 1100. The van der Waals surface area contributed by atoms with E-state index in [1.54, 1.807) is 24.3 Å². The summed E-state index contributed by atoms with van der Waals surface area (Å²) < 4.78 is 17.0. The van der Waals surface area contributed by atoms with Crippen LogP contribution in [0.4, 0.5) is 11.5 Å². The minimum Gasteiger partial charge on any atom is -0.490 e. The molecule has 0 fully saturated rings. The van der Waals surface area contributed by atoms with Gasteiger partial charge in [-0.1, -0.05) is 11.2 Å². The molecule has 1 heterocycles. The summed E-state index contributed by atoms with van der Waals surface area (Å²) in [5.74, 6) is 0.977. The van der Waals surface area contributed by atoms with Crippen LogP contribution in [0.25, 0.3) is 0 Å². The van der Waals surface area contributed by atoms with Crippen molar-refractivity contribution in [3.8, 4) is 17.2 Å². The van der Waals surface area contributed by atoms with E-state index in [-0.39, 0.29) is 16.0 Å². The second-order valence-corrected chi connectivity index (χ2v) is 7.20. The smallest absolute Gasteiger partial charge is 0.357 e. The lowest BCUT2D eigenvalue weighted by Crippen LogP contribution is -2.13. The molecule has 2 N–H and O–H groups in total. The molecule has 1 aromatic heterocycles. The summed E-state index contributed by atoms with van der Waals surface area (Å²) in [6, 6.07) is 12.4. The van der Waals surface area contributed by atoms with Crippen molar-refractivity contribution in [3.63, 3.8) is 0 Å². The number of ether oxygens (including phenoxy) is 3. The second-order valence-electron chi connectivity index (χ2n) is 6.41. The quantitative estimate of drug-likeness (QED) is 0.302. The third kappa shape index (κ3) is 5.55. The van der Waals surface area contributed by atoms with E-state index in [0.29, 0.717) is 42.8 Å². The predicted molar refractivity (Wildman–Crippen MR) is 120 cm³/mol. The molecule has 32 heavy (non-hydrogen) atoms. The molecule has 0 saturated carbocycles. The highest BCUT2D eigenvalue weighted by molar-refractivity contribution is 9.10. The van der Waals surface area contributed by atoms with Crippen molar-refractivity contribution in [3.05, 3.63) is 68.3 Å². The average Bonchev–Trinajstić information content (AvgIpc) is 3.17. The number of aromatic nitrogens is 2. The number of nitrogens with one attached hydrogen (secondary N) is 2. The van der Waals surface area contributed by atoms with Gasteiger partial charge in [0.1, 0.15) is 16.8 Å². The molecule has 2 aromatic carbocycles. The van der Waals surface area contributed by atoms with Gasteiger partial charge in [-0.25, -0.2) is 0 Å². The van der Waals surface area contributed by atoms with E-state index >= 15 is 0 Å². The van der Waals surface area contributed by atoms with Crippen LogP contribution in [0.2, 0.25) is 0 Å². The first-order valence-corrected chi connectivity index (χ1v) is 10.5. The van der Waals surface area contributed by atoms with Crippen molar-refractivity contribution in [1.29, 1.82) is 0 Å². The van der Waals surface area contributed by atoms with E-state index in [1.165, 1.54) is 0 Å². The molecule has 0 spiro atoms. The number of nitrogens with zero attached hydrogens (tertiary/aromatic N) is 2. The number of benzene rings is 2. The Kier molecular flexibility index (Phi) is 7.66. The number of carbonyl (C=O) groups is 1. The van der Waals surface area contributed by atoms with Crippen LogP contribution >= 0.6 is 15.9 Å². The van der Waals surface area contributed by atoms with Gasteiger partial charge in [-0.15, -0.1) is 5.10 Å². The first-order chi connectivity index (χ1) is 15.4. The van der Waals surface area contributed by atoms with Crippen LogP contribution in [0.5, 0.6) is 17.2 Å². The third-order valence-corrected chi connectivity index (χ3v) is 4.96. The Morgan fingerprint density at radius 2 is 1.78 bits per heavy atom. The number of halogens is 1. The Labute approximate surface area is 192 Å². The number of carbonyl (C=O) groups excluding carboxylic acids is 1. The Hall–Kier alpha value is -3.60. The molecule has 10 nitrogen and oxygen atoms in total. The van der Waals surface area contributed by atoms with Crippen molar-refractivity contribution in [2.75, 3.05) is 18.5 Å². The fourth-order valence-electron chi connectivity index (χ4n) is 2.77. The van der Waals surface area contributed by atoms with Gasteiger partial charge in [-0.05, 0) is 76.7 Å². The largest absolute Gasteiger partial charge is 0.490 e. The summed E-state index contributed by atoms with van der Waals surface area (Å²) in [6.45, 7) is 5.22. The van der Waals surface area contributed by atoms with Crippen molar-refractivity contribution >= 4 is 33.3 Å². The normalized spacial score (nSPS) is 10.5. The minimum atomic E-state index is -0.665. The molecular weight excluding hydrogens is 484 g/mol. The highest BCUT2D eigenvalue weighted by Gasteiger charge is 2.24. The lowest BCUT2D eigenvalue weighted by molar-refractivity contribution is -0.390. The van der Waals surface area contributed by atoms with E-state index in [9.17, 15) is 14.9 Å². The molecule has 168 valence electrons. The van der Waals surface area contributed by atoms with Gasteiger partial charge >= 0.3 is 5.82 Å². The molecule has 1 amide bonds. The number of rotatable bonds is 10. The minimum absolute atomic E-state index is 0.0123. The zero-order chi connectivity index (χ0) is 23.1. The zero-order valence-corrected chi connectivity index (χ0v) is 19.0. The monoisotopic (exact) mass is 504 g/mol. The summed E-state index contributed by atoms with van der Waals surface area (Å²) in [4.78, 5) is 22.5. The number of anilines is 1. The average molecular weight is 505 g/mol. The van der Waals surface area contributed by atoms with Gasteiger partial charge < -0.3 is 29.6 Å². The van der Waals surface area contributed by atoms with Gasteiger partial charge in [-0.2, -0.15) is 0 Å². The Morgan fingerprint density at radius 1 is 1.09 bits per heavy atom. The van der Waals surface area contributed by atoms with Gasteiger partial charge in [0.15, 0.2) is 17.2 Å². The number of nitro groups is 1. The van der Waals surface area contributed by atoms with Gasteiger partial charge in [-0.3, -0.25) is 4.79 Å². The van der Waals surface area contributed by atoms with Gasteiger partial charge in [0, 0.05) is 5.69 Å². The molecule has 0 saturated heterocycles. The summed E-state index contributed by atoms with van der Waals surface area (Å²) in [5.41, 5.74) is 1.29. The maximum atomic E-state index is 12.3. The maximum absolute atomic E-state index is 12.3. The molecule has 0 radical (unpaired) electrons. The molecule has 0 bridgehead atoms. The van der Waals surface area contributed by atoms with E-state index < -0.39 is 10.8 Å². The second kappa shape index (κ2) is 10.6. The molecular formula is C21H21BrN4O6. The van der Waals surface area contributed by atoms with Gasteiger partial charge in [0.05, 0.1) is 13.2 Å². The fraction of sp³-hybridized carbons (Fsp3) is 0.238. The lowest BCUT2D eigenvalue weighted by Gasteiger charge is -2.13. The Morgan fingerprint density at radius 3 is 2.41 bits per heavy atom. The van der Waals surface area contributed by atoms with Crippen LogP contribution in [0.15, 0.2) is 46.9 Å². The van der Waals surface area contributed by atoms with Crippen molar-refractivity contribution < 1.29 is 23.9 Å². The number of hydrogen-bond donors (Lipinski definition) is 2. The number of aromatic amines is 1. The topological polar surface area (TPSA) is 129 Å². The number of hydrogen-bond acceptors (Lipinski definition) is 7. The standard InChI is InChI=1S/C21H21BrN4O6/c1-3-30-16-10-5-13(11-17(16)31-4-2)12-32-15-8-6-14(7-9-15)23-21(27)19-18(22)20(25-24-19)26(28)29/h5-11H,3-4,12H2,1-2H3,(H,23,27)(H,24,25). The lowest BCUT2D eigenvalue weighted by atomic mass is 10.2. The van der Waals surface area contributed by atoms with Crippen LogP contribution in [-0.2, 0) is 6.61 Å². The first-order valence-electron chi connectivity index (χ1n) is 9.73. The summed E-state index contributed by atoms with van der Waals surface area (Å²) >= 11 is 3.01. The molecule has 3 aromatic rings. The van der Waals surface area contributed by atoms with Crippen LogP contribution in [0.1, 0.15) is 29.9 Å². The van der Waals surface area contributed by atoms with Crippen molar-refractivity contribution in [2.45, 2.75) is 20.5 Å². The summed E-state index contributed by atoms with van der Waals surface area (Å²) in [6.07, 6.45) is 0. The van der Waals surface area contributed by atoms with Gasteiger partial charge in [0.25, 0.3) is 5.91 Å². The molecule has 0 unspecified atom stereocenters. The highest BCUT2D eigenvalue weighted by atomic mass is 79.9. The molecule has 3 rings (SSSR count). The summed E-state index contributed by atoms with van der Waals surface area (Å²) in [7, 11) is 0. The fourth-order valence-corrected chi connectivity index (χ4v) is 3.27. The molecule has 11 heteroatoms. The SMILES string of the molecule is CCOc1ccc(COc2ccc(NC(=O)c3n[nH]c([N+](=O)[O-])c3Br)cc2)cc1OCC. The molecule has 0 aliphatic carbocycles.